The van der Waals surface area contributed by atoms with Crippen molar-refractivity contribution >= 4 is 11.9 Å². The SMILES string of the molecule is CC(=O)OCOc1ccccc1C(N)=O. The Morgan fingerprint density at radius 2 is 2.00 bits per heavy atom. The Labute approximate surface area is 86.8 Å². The monoisotopic (exact) mass is 209 g/mol. The number of esters is 1. The maximum Gasteiger partial charge on any atom is 0.305 e. The first kappa shape index (κ1) is 11.0. The third-order valence-electron chi connectivity index (χ3n) is 1.63. The van der Waals surface area contributed by atoms with Gasteiger partial charge in [0.05, 0.1) is 5.56 Å². The number of benzene rings is 1. The molecular weight excluding hydrogens is 198 g/mol. The Morgan fingerprint density at radius 1 is 1.33 bits per heavy atom. The summed E-state index contributed by atoms with van der Waals surface area (Å²) in [6.45, 7) is 1.03. The first-order valence-corrected chi connectivity index (χ1v) is 4.26. The molecule has 0 spiro atoms. The lowest BCUT2D eigenvalue weighted by atomic mass is 10.2. The van der Waals surface area contributed by atoms with Gasteiger partial charge < -0.3 is 15.2 Å². The number of nitrogens with two attached hydrogens (primary N) is 1. The minimum absolute atomic E-state index is 0.236. The molecule has 0 saturated heterocycles. The third kappa shape index (κ3) is 3.30. The number of amides is 1. The van der Waals surface area contributed by atoms with E-state index in [9.17, 15) is 9.59 Å². The van der Waals surface area contributed by atoms with E-state index in [2.05, 4.69) is 4.74 Å². The number of para-hydroxylation sites is 1. The van der Waals surface area contributed by atoms with Gasteiger partial charge in [-0.3, -0.25) is 9.59 Å². The standard InChI is InChI=1S/C10H11NO4/c1-7(12)14-6-15-9-5-3-2-4-8(9)10(11)13/h2-5H,6H2,1H3,(H2,11,13). The predicted molar refractivity (Wildman–Crippen MR) is 52.2 cm³/mol. The van der Waals surface area contributed by atoms with Crippen molar-refractivity contribution in [2.45, 2.75) is 6.92 Å². The lowest BCUT2D eigenvalue weighted by Gasteiger charge is -2.08. The second-order valence-electron chi connectivity index (χ2n) is 2.76. The van der Waals surface area contributed by atoms with Gasteiger partial charge >= 0.3 is 5.97 Å². The highest BCUT2D eigenvalue weighted by Gasteiger charge is 2.07. The Bertz CT molecular complexity index is 375. The average molecular weight is 209 g/mol. The first-order chi connectivity index (χ1) is 7.11. The molecule has 5 heteroatoms. The second kappa shape index (κ2) is 4.99. The molecule has 15 heavy (non-hydrogen) atoms. The van der Waals surface area contributed by atoms with Crippen molar-refractivity contribution in [2.75, 3.05) is 6.79 Å². The van der Waals surface area contributed by atoms with Gasteiger partial charge in [0.15, 0.2) is 0 Å². The number of ether oxygens (including phenoxy) is 2. The molecule has 2 N–H and O–H groups in total. The Morgan fingerprint density at radius 3 is 2.60 bits per heavy atom. The molecule has 0 radical (unpaired) electrons. The van der Waals surface area contributed by atoms with E-state index < -0.39 is 11.9 Å². The summed E-state index contributed by atoms with van der Waals surface area (Å²) < 4.78 is 9.63. The van der Waals surface area contributed by atoms with Crippen LogP contribution in [0.4, 0.5) is 0 Å². The highest BCUT2D eigenvalue weighted by Crippen LogP contribution is 2.16. The van der Waals surface area contributed by atoms with E-state index in [0.29, 0.717) is 5.75 Å². The summed E-state index contributed by atoms with van der Waals surface area (Å²) in [5.74, 6) is -0.744. The van der Waals surface area contributed by atoms with Crippen LogP contribution in [0.5, 0.6) is 5.75 Å². The van der Waals surface area contributed by atoms with Gasteiger partial charge in [-0.15, -0.1) is 0 Å². The second-order valence-corrected chi connectivity index (χ2v) is 2.76. The van der Waals surface area contributed by atoms with Gasteiger partial charge in [0, 0.05) is 6.92 Å². The molecule has 0 aliphatic carbocycles. The van der Waals surface area contributed by atoms with Gasteiger partial charge in [0.25, 0.3) is 5.91 Å². The van der Waals surface area contributed by atoms with E-state index in [1.165, 1.54) is 13.0 Å². The summed E-state index contributed by atoms with van der Waals surface area (Å²) in [5, 5.41) is 0. The largest absolute Gasteiger partial charge is 0.457 e. The van der Waals surface area contributed by atoms with Crippen molar-refractivity contribution in [3.05, 3.63) is 29.8 Å². The quantitative estimate of drug-likeness (QED) is 0.584. The van der Waals surface area contributed by atoms with Crippen LogP contribution in [-0.4, -0.2) is 18.7 Å². The van der Waals surface area contributed by atoms with Gasteiger partial charge in [-0.1, -0.05) is 12.1 Å². The van der Waals surface area contributed by atoms with Crippen LogP contribution in [-0.2, 0) is 9.53 Å². The topological polar surface area (TPSA) is 78.6 Å². The Kier molecular flexibility index (Phi) is 3.68. The van der Waals surface area contributed by atoms with E-state index in [1.54, 1.807) is 18.2 Å². The molecule has 0 saturated carbocycles. The fourth-order valence-corrected chi connectivity index (χ4v) is 0.972. The van der Waals surface area contributed by atoms with Gasteiger partial charge in [-0.25, -0.2) is 0 Å². The smallest absolute Gasteiger partial charge is 0.305 e. The number of hydrogen-bond donors (Lipinski definition) is 1. The fourth-order valence-electron chi connectivity index (χ4n) is 0.972. The minimum atomic E-state index is -0.589. The zero-order valence-electron chi connectivity index (χ0n) is 8.23. The molecule has 0 aromatic heterocycles. The van der Waals surface area contributed by atoms with Crippen molar-refractivity contribution in [3.63, 3.8) is 0 Å². The summed E-state index contributed by atoms with van der Waals surface area (Å²) in [5.41, 5.74) is 5.37. The van der Waals surface area contributed by atoms with Crippen molar-refractivity contribution in [3.8, 4) is 5.75 Å². The summed E-state index contributed by atoms with van der Waals surface area (Å²) in [7, 11) is 0. The van der Waals surface area contributed by atoms with E-state index in [0.717, 1.165) is 0 Å². The predicted octanol–water partition coefficient (Wildman–Crippen LogP) is 0.685. The molecule has 0 unspecified atom stereocenters. The van der Waals surface area contributed by atoms with Crippen molar-refractivity contribution in [2.24, 2.45) is 5.73 Å². The van der Waals surface area contributed by atoms with Gasteiger partial charge in [-0.05, 0) is 12.1 Å². The van der Waals surface area contributed by atoms with Gasteiger partial charge in [-0.2, -0.15) is 0 Å². The van der Waals surface area contributed by atoms with E-state index in [1.807, 2.05) is 0 Å². The van der Waals surface area contributed by atoms with Crippen LogP contribution in [0.3, 0.4) is 0 Å². The highest BCUT2D eigenvalue weighted by atomic mass is 16.7. The van der Waals surface area contributed by atoms with Gasteiger partial charge in [0.2, 0.25) is 6.79 Å². The summed E-state index contributed by atoms with van der Waals surface area (Å²) >= 11 is 0. The molecule has 1 aromatic carbocycles. The molecule has 5 nitrogen and oxygen atoms in total. The zero-order chi connectivity index (χ0) is 11.3. The third-order valence-corrected chi connectivity index (χ3v) is 1.63. The van der Waals surface area contributed by atoms with Gasteiger partial charge in [0.1, 0.15) is 5.75 Å². The Balaban J connectivity index is 2.67. The zero-order valence-corrected chi connectivity index (χ0v) is 8.23. The van der Waals surface area contributed by atoms with Crippen LogP contribution in [0.1, 0.15) is 17.3 Å². The molecule has 0 aliphatic rings. The fraction of sp³-hybridized carbons (Fsp3) is 0.200. The lowest BCUT2D eigenvalue weighted by molar-refractivity contribution is -0.147. The highest BCUT2D eigenvalue weighted by molar-refractivity contribution is 5.95. The average Bonchev–Trinajstić information content (AvgIpc) is 2.17. The normalized spacial score (nSPS) is 9.40. The van der Waals surface area contributed by atoms with Crippen molar-refractivity contribution < 1.29 is 19.1 Å². The number of hydrogen-bond acceptors (Lipinski definition) is 4. The Hall–Kier alpha value is -2.04. The number of primary amides is 1. The molecule has 1 amide bonds. The summed E-state index contributed by atoms with van der Waals surface area (Å²) in [4.78, 5) is 21.4. The molecule has 0 atom stereocenters. The van der Waals surface area contributed by atoms with Crippen LogP contribution < -0.4 is 10.5 Å². The maximum absolute atomic E-state index is 11.0. The van der Waals surface area contributed by atoms with Crippen LogP contribution in [0.15, 0.2) is 24.3 Å². The first-order valence-electron chi connectivity index (χ1n) is 4.26. The van der Waals surface area contributed by atoms with Crippen molar-refractivity contribution in [1.82, 2.24) is 0 Å². The summed E-state index contributed by atoms with van der Waals surface area (Å²) in [6.07, 6.45) is 0. The molecule has 0 fully saturated rings. The summed E-state index contributed by atoms with van der Waals surface area (Å²) in [6, 6.07) is 6.46. The van der Waals surface area contributed by atoms with Crippen LogP contribution in [0.25, 0.3) is 0 Å². The molecule has 0 heterocycles. The van der Waals surface area contributed by atoms with Crippen LogP contribution in [0.2, 0.25) is 0 Å². The minimum Gasteiger partial charge on any atom is -0.457 e. The number of carbonyl (C=O) groups is 2. The lowest BCUT2D eigenvalue weighted by Crippen LogP contribution is -2.14. The molecule has 0 aliphatic heterocycles. The molecule has 1 rings (SSSR count). The van der Waals surface area contributed by atoms with E-state index in [4.69, 9.17) is 10.5 Å². The number of rotatable bonds is 4. The van der Waals surface area contributed by atoms with Crippen molar-refractivity contribution in [1.29, 1.82) is 0 Å². The maximum atomic E-state index is 11.0. The van der Waals surface area contributed by atoms with Crippen LogP contribution >= 0.6 is 0 Å². The van der Waals surface area contributed by atoms with E-state index in [-0.39, 0.29) is 12.4 Å². The molecular formula is C10H11NO4. The molecule has 80 valence electrons. The van der Waals surface area contributed by atoms with Crippen LogP contribution in [0, 0.1) is 0 Å². The van der Waals surface area contributed by atoms with E-state index >= 15 is 0 Å². The molecule has 0 bridgehead atoms. The molecule has 1 aromatic rings. The number of carbonyl (C=O) groups excluding carboxylic acids is 2.